The van der Waals surface area contributed by atoms with Crippen molar-refractivity contribution in [2.45, 2.75) is 6.92 Å². The molecule has 0 fully saturated rings. The molecule has 3 N–H and O–H groups in total. The molecule has 19 heavy (non-hydrogen) atoms. The molecule has 0 bridgehead atoms. The molecule has 1 aromatic heterocycles. The second-order valence-corrected chi connectivity index (χ2v) is 4.42. The molecule has 2 aromatic carbocycles. The van der Waals surface area contributed by atoms with Crippen LogP contribution in [0.1, 0.15) is 18.1 Å². The first-order chi connectivity index (χ1) is 9.28. The summed E-state index contributed by atoms with van der Waals surface area (Å²) in [6.07, 6.45) is 2.12. The van der Waals surface area contributed by atoms with Crippen LogP contribution < -0.4 is 5.73 Å². The number of nitrogens with zero attached hydrogens (tertiary/aromatic N) is 1. The molecule has 0 atom stereocenters. The van der Waals surface area contributed by atoms with Crippen LogP contribution in [0, 0.1) is 0 Å². The van der Waals surface area contributed by atoms with Crippen LogP contribution >= 0.6 is 0 Å². The third-order valence-electron chi connectivity index (χ3n) is 3.18. The van der Waals surface area contributed by atoms with Crippen LogP contribution in [0.15, 0.2) is 54.6 Å². The Balaban J connectivity index is 2.12. The second kappa shape index (κ2) is 4.61. The van der Waals surface area contributed by atoms with Gasteiger partial charge in [0.2, 0.25) is 0 Å². The van der Waals surface area contributed by atoms with Crippen molar-refractivity contribution in [2.24, 2.45) is 0 Å². The number of nitrogens with one attached hydrogen (secondary N) is 1. The third-order valence-corrected chi connectivity index (χ3v) is 3.18. The summed E-state index contributed by atoms with van der Waals surface area (Å²) >= 11 is 0. The highest BCUT2D eigenvalue weighted by molar-refractivity contribution is 5.86. The van der Waals surface area contributed by atoms with Gasteiger partial charge >= 0.3 is 0 Å². The first-order valence-corrected chi connectivity index (χ1v) is 6.25. The summed E-state index contributed by atoms with van der Waals surface area (Å²) < 4.78 is 0. The molecule has 3 aromatic rings. The van der Waals surface area contributed by atoms with E-state index in [1.165, 1.54) is 11.1 Å². The van der Waals surface area contributed by atoms with Crippen molar-refractivity contribution in [1.82, 2.24) is 9.97 Å². The minimum Gasteiger partial charge on any atom is -0.369 e. The summed E-state index contributed by atoms with van der Waals surface area (Å²) in [4.78, 5) is 7.28. The number of aromatic nitrogens is 2. The Morgan fingerprint density at radius 3 is 2.63 bits per heavy atom. The standard InChI is InChI=1S/C16H15N3/c1-2-13(11-6-4-3-5-7-11)12-8-9-14-15(10-12)19-16(17)18-14/h2-10H,1H3,(H3,17,18,19). The smallest absolute Gasteiger partial charge is 0.198 e. The number of hydrogen-bond donors (Lipinski definition) is 2. The molecular weight excluding hydrogens is 234 g/mol. The predicted octanol–water partition coefficient (Wildman–Crippen LogP) is 3.60. The molecule has 0 unspecified atom stereocenters. The lowest BCUT2D eigenvalue weighted by molar-refractivity contribution is 1.35. The third kappa shape index (κ3) is 2.10. The van der Waals surface area contributed by atoms with E-state index in [2.05, 4.69) is 40.3 Å². The Bertz CT molecular complexity index is 739. The van der Waals surface area contributed by atoms with Gasteiger partial charge in [-0.1, -0.05) is 42.5 Å². The molecule has 3 nitrogen and oxygen atoms in total. The topological polar surface area (TPSA) is 54.7 Å². The Morgan fingerprint density at radius 1 is 1.11 bits per heavy atom. The van der Waals surface area contributed by atoms with E-state index in [-0.39, 0.29) is 0 Å². The molecule has 94 valence electrons. The summed E-state index contributed by atoms with van der Waals surface area (Å²) in [7, 11) is 0. The first kappa shape index (κ1) is 11.5. The molecule has 3 heteroatoms. The number of nitrogen functional groups attached to an aromatic ring is 1. The van der Waals surface area contributed by atoms with Crippen LogP contribution in [0.2, 0.25) is 0 Å². The van der Waals surface area contributed by atoms with Crippen molar-refractivity contribution in [3.63, 3.8) is 0 Å². The summed E-state index contributed by atoms with van der Waals surface area (Å²) in [5, 5.41) is 0. The van der Waals surface area contributed by atoms with Gasteiger partial charge in [-0.25, -0.2) is 4.98 Å². The fraction of sp³-hybridized carbons (Fsp3) is 0.0625. The number of H-pyrrole nitrogens is 1. The van der Waals surface area contributed by atoms with Gasteiger partial charge in [0.05, 0.1) is 11.0 Å². The molecule has 0 aliphatic heterocycles. The highest BCUT2D eigenvalue weighted by atomic mass is 15.0. The quantitative estimate of drug-likeness (QED) is 0.729. The second-order valence-electron chi connectivity index (χ2n) is 4.42. The van der Waals surface area contributed by atoms with Gasteiger partial charge < -0.3 is 10.7 Å². The largest absolute Gasteiger partial charge is 0.369 e. The molecule has 0 amide bonds. The van der Waals surface area contributed by atoms with Gasteiger partial charge in [-0.05, 0) is 35.8 Å². The lowest BCUT2D eigenvalue weighted by Gasteiger charge is -2.07. The zero-order valence-electron chi connectivity index (χ0n) is 10.7. The number of hydrogen-bond acceptors (Lipinski definition) is 2. The molecule has 1 heterocycles. The molecule has 0 radical (unpaired) electrons. The molecule has 0 aliphatic rings. The zero-order chi connectivity index (χ0) is 13.2. The minimum absolute atomic E-state index is 0.453. The first-order valence-electron chi connectivity index (χ1n) is 6.25. The SMILES string of the molecule is CC=C(c1ccccc1)c1ccc2nc(N)[nH]c2c1. The van der Waals surface area contributed by atoms with Crippen molar-refractivity contribution in [1.29, 1.82) is 0 Å². The van der Waals surface area contributed by atoms with E-state index in [4.69, 9.17) is 5.73 Å². The number of fused-ring (bicyclic) bond motifs is 1. The van der Waals surface area contributed by atoms with Crippen LogP contribution in [0.3, 0.4) is 0 Å². The number of imidazole rings is 1. The van der Waals surface area contributed by atoms with Crippen LogP contribution in [-0.4, -0.2) is 9.97 Å². The average molecular weight is 249 g/mol. The van der Waals surface area contributed by atoms with Gasteiger partial charge in [0, 0.05) is 0 Å². The van der Waals surface area contributed by atoms with E-state index < -0.39 is 0 Å². The normalized spacial score (nSPS) is 11.9. The van der Waals surface area contributed by atoms with Gasteiger partial charge in [0.1, 0.15) is 0 Å². The van der Waals surface area contributed by atoms with Crippen molar-refractivity contribution in [2.75, 3.05) is 5.73 Å². The maximum Gasteiger partial charge on any atom is 0.198 e. The number of nitrogens with two attached hydrogens (primary N) is 1. The summed E-state index contributed by atoms with van der Waals surface area (Å²) in [5.74, 6) is 0.453. The molecule has 0 saturated carbocycles. The number of benzene rings is 2. The van der Waals surface area contributed by atoms with E-state index in [1.807, 2.05) is 31.2 Å². The number of allylic oxidation sites excluding steroid dienone is 1. The fourth-order valence-electron chi connectivity index (χ4n) is 2.31. The average Bonchev–Trinajstić information content (AvgIpc) is 2.80. The molecule has 0 spiro atoms. The Morgan fingerprint density at radius 2 is 1.89 bits per heavy atom. The van der Waals surface area contributed by atoms with Crippen LogP contribution in [0.5, 0.6) is 0 Å². The van der Waals surface area contributed by atoms with Crippen LogP contribution in [0.25, 0.3) is 16.6 Å². The summed E-state index contributed by atoms with van der Waals surface area (Å²) in [6.45, 7) is 2.05. The fourth-order valence-corrected chi connectivity index (χ4v) is 2.31. The molecular formula is C16H15N3. The van der Waals surface area contributed by atoms with Crippen molar-refractivity contribution in [3.8, 4) is 0 Å². The maximum absolute atomic E-state index is 5.68. The summed E-state index contributed by atoms with van der Waals surface area (Å²) in [5.41, 5.74) is 11.1. The van der Waals surface area contributed by atoms with Crippen LogP contribution in [0.4, 0.5) is 5.95 Å². The van der Waals surface area contributed by atoms with E-state index in [0.29, 0.717) is 5.95 Å². The molecule has 3 rings (SSSR count). The maximum atomic E-state index is 5.68. The van der Waals surface area contributed by atoms with Crippen molar-refractivity contribution >= 4 is 22.6 Å². The van der Waals surface area contributed by atoms with Gasteiger partial charge in [0.15, 0.2) is 5.95 Å². The predicted molar refractivity (Wildman–Crippen MR) is 79.7 cm³/mol. The number of anilines is 1. The van der Waals surface area contributed by atoms with Gasteiger partial charge in [-0.2, -0.15) is 0 Å². The number of rotatable bonds is 2. The van der Waals surface area contributed by atoms with Crippen molar-refractivity contribution in [3.05, 3.63) is 65.7 Å². The van der Waals surface area contributed by atoms with E-state index in [9.17, 15) is 0 Å². The van der Waals surface area contributed by atoms with E-state index in [0.717, 1.165) is 16.6 Å². The lowest BCUT2D eigenvalue weighted by atomic mass is 9.97. The Labute approximate surface area is 111 Å². The van der Waals surface area contributed by atoms with Crippen LogP contribution in [-0.2, 0) is 0 Å². The van der Waals surface area contributed by atoms with Gasteiger partial charge in [-0.3, -0.25) is 0 Å². The minimum atomic E-state index is 0.453. The Hall–Kier alpha value is -2.55. The highest BCUT2D eigenvalue weighted by Crippen LogP contribution is 2.25. The van der Waals surface area contributed by atoms with Crippen molar-refractivity contribution < 1.29 is 0 Å². The number of aromatic amines is 1. The van der Waals surface area contributed by atoms with E-state index in [1.54, 1.807) is 0 Å². The van der Waals surface area contributed by atoms with Gasteiger partial charge in [0.25, 0.3) is 0 Å². The molecule has 0 aliphatic carbocycles. The summed E-state index contributed by atoms with van der Waals surface area (Å²) in [6, 6.07) is 16.5. The highest BCUT2D eigenvalue weighted by Gasteiger charge is 2.06. The zero-order valence-corrected chi connectivity index (χ0v) is 10.7. The van der Waals surface area contributed by atoms with Gasteiger partial charge in [-0.15, -0.1) is 0 Å². The van der Waals surface area contributed by atoms with E-state index >= 15 is 0 Å². The Kier molecular flexibility index (Phi) is 2.80. The monoisotopic (exact) mass is 249 g/mol. The molecule has 0 saturated heterocycles. The lowest BCUT2D eigenvalue weighted by Crippen LogP contribution is -1.87.